The topological polar surface area (TPSA) is 45.1 Å². The van der Waals surface area contributed by atoms with E-state index in [9.17, 15) is 18.0 Å². The summed E-state index contributed by atoms with van der Waals surface area (Å²) in [5.41, 5.74) is 2.95. The lowest BCUT2D eigenvalue weighted by molar-refractivity contribution is -0.158. The Morgan fingerprint density at radius 2 is 1.44 bits per heavy atom. The molecule has 0 N–H and O–H groups in total. The van der Waals surface area contributed by atoms with E-state index in [4.69, 9.17) is 4.74 Å². The maximum absolute atomic E-state index is 12.8. The third-order valence-electron chi connectivity index (χ3n) is 7.10. The quantitative estimate of drug-likeness (QED) is 0.0682. The lowest BCUT2D eigenvalue weighted by Crippen LogP contribution is -2.33. The van der Waals surface area contributed by atoms with Gasteiger partial charge in [-0.15, -0.1) is 0 Å². The largest absolute Gasteiger partial charge is 0.442 e. The molecule has 1 unspecified atom stereocenters. The average molecular weight is 596 g/mol. The van der Waals surface area contributed by atoms with Gasteiger partial charge in [-0.3, -0.25) is 14.7 Å². The number of benzene rings is 3. The van der Waals surface area contributed by atoms with Crippen molar-refractivity contribution >= 4 is 12.2 Å². The van der Waals surface area contributed by atoms with Crippen LogP contribution in [0.1, 0.15) is 80.5 Å². The fourth-order valence-electron chi connectivity index (χ4n) is 5.02. The van der Waals surface area contributed by atoms with Crippen molar-refractivity contribution in [2.75, 3.05) is 26.2 Å². The minimum atomic E-state index is -4.35. The molecule has 1 atom stereocenters. The van der Waals surface area contributed by atoms with Crippen molar-refractivity contribution in [1.29, 1.82) is 0 Å². The van der Waals surface area contributed by atoms with Gasteiger partial charge in [0.2, 0.25) is 0 Å². The average Bonchev–Trinajstić information content (AvgIpc) is 2.99. The molecule has 0 spiro atoms. The Morgan fingerprint density at radius 3 is 2.02 bits per heavy atom. The van der Waals surface area contributed by atoms with Crippen molar-refractivity contribution in [2.24, 2.45) is 4.99 Å². The molecule has 0 aliphatic heterocycles. The molecule has 0 fully saturated rings. The highest BCUT2D eigenvalue weighted by Gasteiger charge is 2.29. The first kappa shape index (κ1) is 34.0. The van der Waals surface area contributed by atoms with E-state index < -0.39 is 18.0 Å². The number of nitrogens with zero attached hydrogens (tertiary/aromatic N) is 3. The highest BCUT2D eigenvalue weighted by Crippen LogP contribution is 2.29. The molecule has 3 aromatic rings. The van der Waals surface area contributed by atoms with Gasteiger partial charge in [0.15, 0.2) is 6.23 Å². The van der Waals surface area contributed by atoms with Gasteiger partial charge in [-0.1, -0.05) is 80.6 Å². The molecule has 8 heteroatoms. The third-order valence-corrected chi connectivity index (χ3v) is 7.10. The Kier molecular flexibility index (Phi) is 13.9. The highest BCUT2D eigenvalue weighted by molar-refractivity contribution is 5.79. The molecule has 3 aromatic carbocycles. The van der Waals surface area contributed by atoms with Gasteiger partial charge in [0.05, 0.1) is 12.1 Å². The third kappa shape index (κ3) is 12.0. The number of carbonyl (C=O) groups excluding carboxylic acids is 1. The van der Waals surface area contributed by atoms with Gasteiger partial charge in [0.25, 0.3) is 0 Å². The molecular weight excluding hydrogens is 551 g/mol. The number of rotatable bonds is 17. The normalized spacial score (nSPS) is 12.7. The molecule has 232 valence electrons. The Labute approximate surface area is 254 Å². The zero-order chi connectivity index (χ0) is 31.1. The Hall–Kier alpha value is -3.49. The number of esters is 1. The van der Waals surface area contributed by atoms with Gasteiger partial charge < -0.3 is 9.64 Å². The van der Waals surface area contributed by atoms with Crippen LogP contribution in [0.3, 0.4) is 0 Å². The van der Waals surface area contributed by atoms with E-state index in [0.29, 0.717) is 18.7 Å². The molecule has 3 rings (SSSR count). The summed E-state index contributed by atoms with van der Waals surface area (Å²) in [4.78, 5) is 21.3. The Balaban J connectivity index is 1.68. The van der Waals surface area contributed by atoms with E-state index in [2.05, 4.69) is 40.8 Å². The lowest BCUT2D eigenvalue weighted by Gasteiger charge is -2.32. The van der Waals surface area contributed by atoms with Gasteiger partial charge in [0, 0.05) is 31.8 Å². The second kappa shape index (κ2) is 17.6. The molecule has 0 amide bonds. The van der Waals surface area contributed by atoms with Crippen LogP contribution in [-0.2, 0) is 28.8 Å². The van der Waals surface area contributed by atoms with Crippen molar-refractivity contribution in [2.45, 2.75) is 71.9 Å². The van der Waals surface area contributed by atoms with E-state index >= 15 is 0 Å². The van der Waals surface area contributed by atoms with Crippen LogP contribution in [0.15, 0.2) is 83.9 Å². The molecule has 0 saturated heterocycles. The van der Waals surface area contributed by atoms with Crippen molar-refractivity contribution in [3.8, 4) is 0 Å². The summed E-state index contributed by atoms with van der Waals surface area (Å²) >= 11 is 0. The lowest BCUT2D eigenvalue weighted by atomic mass is 10.1. The number of ether oxygens (including phenoxy) is 1. The molecule has 0 aromatic heterocycles. The second-order valence-corrected chi connectivity index (χ2v) is 10.8. The maximum Gasteiger partial charge on any atom is 0.416 e. The fraction of sp³-hybridized carbons (Fsp3) is 0.429. The zero-order valence-electron chi connectivity index (χ0n) is 25.5. The van der Waals surface area contributed by atoms with Crippen molar-refractivity contribution in [3.63, 3.8) is 0 Å². The molecular formula is C35H44F3N3O2. The SMILES string of the molecule is CCCN(CCC)CCCCN(Cc1ccc(CN=Cc2ccc(C(F)(F)F)cc2)cc1)C(OC(C)=O)c1ccccc1. The van der Waals surface area contributed by atoms with Crippen LogP contribution >= 0.6 is 0 Å². The summed E-state index contributed by atoms with van der Waals surface area (Å²) < 4.78 is 44.2. The minimum Gasteiger partial charge on any atom is -0.442 e. The van der Waals surface area contributed by atoms with Crippen molar-refractivity contribution in [3.05, 3.63) is 107 Å². The van der Waals surface area contributed by atoms with Crippen LogP contribution in [0.5, 0.6) is 0 Å². The summed E-state index contributed by atoms with van der Waals surface area (Å²) in [7, 11) is 0. The van der Waals surface area contributed by atoms with E-state index in [0.717, 1.165) is 80.7 Å². The van der Waals surface area contributed by atoms with Crippen LogP contribution in [-0.4, -0.2) is 48.2 Å². The zero-order valence-corrected chi connectivity index (χ0v) is 25.5. The number of carbonyl (C=O) groups is 1. The molecule has 0 bridgehead atoms. The molecule has 0 aliphatic rings. The van der Waals surface area contributed by atoms with E-state index in [1.807, 2.05) is 42.5 Å². The maximum atomic E-state index is 12.8. The molecule has 43 heavy (non-hydrogen) atoms. The van der Waals surface area contributed by atoms with E-state index in [1.165, 1.54) is 19.1 Å². The summed E-state index contributed by atoms with van der Waals surface area (Å²) in [6, 6.07) is 22.9. The first-order chi connectivity index (χ1) is 20.7. The standard InChI is InChI=1S/C35H44F3N3O2/c1-4-21-40(22-5-2)23-9-10-24-41(34(43-28(3)42)32-11-7-6-8-12-32)27-31-15-13-29(14-16-31)25-39-26-30-17-19-33(20-18-30)35(36,37)38/h6-8,11-20,26,34H,4-5,9-10,21-25,27H2,1-3H3. The van der Waals surface area contributed by atoms with Gasteiger partial charge >= 0.3 is 12.1 Å². The number of hydrogen-bond donors (Lipinski definition) is 0. The monoisotopic (exact) mass is 595 g/mol. The van der Waals surface area contributed by atoms with Gasteiger partial charge in [-0.2, -0.15) is 13.2 Å². The number of unbranched alkanes of at least 4 members (excludes halogenated alkanes) is 1. The molecule has 0 heterocycles. The van der Waals surface area contributed by atoms with Gasteiger partial charge in [0.1, 0.15) is 0 Å². The van der Waals surface area contributed by atoms with Crippen LogP contribution in [0.4, 0.5) is 13.2 Å². The predicted octanol–water partition coefficient (Wildman–Crippen LogP) is 8.29. The number of hydrogen-bond acceptors (Lipinski definition) is 5. The summed E-state index contributed by atoms with van der Waals surface area (Å²) in [6.07, 6.45) is 1.07. The summed E-state index contributed by atoms with van der Waals surface area (Å²) in [5, 5.41) is 0. The number of alkyl halides is 3. The Bertz CT molecular complexity index is 1240. The number of halogens is 3. The van der Waals surface area contributed by atoms with Crippen LogP contribution in [0.25, 0.3) is 0 Å². The van der Waals surface area contributed by atoms with E-state index in [-0.39, 0.29) is 5.97 Å². The Morgan fingerprint density at radius 1 is 0.837 bits per heavy atom. The first-order valence-electron chi connectivity index (χ1n) is 15.1. The fourth-order valence-corrected chi connectivity index (χ4v) is 5.02. The second-order valence-electron chi connectivity index (χ2n) is 10.8. The highest BCUT2D eigenvalue weighted by atomic mass is 19.4. The van der Waals surface area contributed by atoms with Crippen LogP contribution < -0.4 is 0 Å². The minimum absolute atomic E-state index is 0.322. The molecule has 0 saturated carbocycles. The summed E-state index contributed by atoms with van der Waals surface area (Å²) in [6.45, 7) is 10.9. The molecule has 5 nitrogen and oxygen atoms in total. The van der Waals surface area contributed by atoms with Gasteiger partial charge in [-0.05, 0) is 74.1 Å². The van der Waals surface area contributed by atoms with Crippen LogP contribution in [0, 0.1) is 0 Å². The van der Waals surface area contributed by atoms with Crippen molar-refractivity contribution < 1.29 is 22.7 Å². The van der Waals surface area contributed by atoms with Gasteiger partial charge in [-0.25, -0.2) is 0 Å². The summed E-state index contributed by atoms with van der Waals surface area (Å²) in [5.74, 6) is -0.322. The van der Waals surface area contributed by atoms with E-state index in [1.54, 1.807) is 6.21 Å². The smallest absolute Gasteiger partial charge is 0.416 e. The molecule has 0 aliphatic carbocycles. The van der Waals surface area contributed by atoms with Crippen LogP contribution in [0.2, 0.25) is 0 Å². The first-order valence-corrected chi connectivity index (χ1v) is 15.1. The molecule has 0 radical (unpaired) electrons. The predicted molar refractivity (Wildman–Crippen MR) is 167 cm³/mol. The number of aliphatic imine (C=N–C) groups is 1. The van der Waals surface area contributed by atoms with Crippen molar-refractivity contribution in [1.82, 2.24) is 9.80 Å².